The predicted octanol–water partition coefficient (Wildman–Crippen LogP) is 14.3. The van der Waals surface area contributed by atoms with Crippen LogP contribution in [0.1, 0.15) is 258 Å². The van der Waals surface area contributed by atoms with Crippen molar-refractivity contribution in [1.29, 1.82) is 0 Å². The highest BCUT2D eigenvalue weighted by Gasteiger charge is 2.20. The van der Waals surface area contributed by atoms with E-state index >= 15 is 0 Å². The average Bonchev–Trinajstić information content (AvgIpc) is 3.20. The molecule has 6 heteroatoms. The second-order valence-electron chi connectivity index (χ2n) is 16.8. The SMILES string of the molecule is CCC/C=C\C/C=C\CCCCCCCC(=O)OCCCCCCCCCCCCCCCCC(=O)NC(CO)C(O)CCCCCCCCCCCCCC. The normalized spacial score (nSPS) is 12.9. The number of hydrogen-bond acceptors (Lipinski definition) is 5. The van der Waals surface area contributed by atoms with Gasteiger partial charge < -0.3 is 20.3 Å². The first-order chi connectivity index (χ1) is 27.5. The zero-order chi connectivity index (χ0) is 40.8. The Morgan fingerprint density at radius 2 is 0.929 bits per heavy atom. The fraction of sp³-hybridized carbons (Fsp3) is 0.880. The summed E-state index contributed by atoms with van der Waals surface area (Å²) in [6.07, 6.45) is 52.8. The van der Waals surface area contributed by atoms with Crippen molar-refractivity contribution in [3.05, 3.63) is 24.3 Å². The van der Waals surface area contributed by atoms with Gasteiger partial charge in [0.05, 0.1) is 25.4 Å². The highest BCUT2D eigenvalue weighted by molar-refractivity contribution is 5.76. The molecule has 0 spiro atoms. The minimum absolute atomic E-state index is 0.0179. The van der Waals surface area contributed by atoms with Gasteiger partial charge in [0.25, 0.3) is 0 Å². The average molecular weight is 790 g/mol. The number of aliphatic hydroxyl groups is 2. The van der Waals surface area contributed by atoms with E-state index < -0.39 is 12.1 Å². The molecule has 0 rings (SSSR count). The van der Waals surface area contributed by atoms with Crippen molar-refractivity contribution in [2.75, 3.05) is 13.2 Å². The molecule has 0 bridgehead atoms. The summed E-state index contributed by atoms with van der Waals surface area (Å²) in [7, 11) is 0. The van der Waals surface area contributed by atoms with Crippen LogP contribution in [0.3, 0.4) is 0 Å². The van der Waals surface area contributed by atoms with E-state index in [0.717, 1.165) is 57.8 Å². The summed E-state index contributed by atoms with van der Waals surface area (Å²) in [6, 6.07) is -0.548. The lowest BCUT2D eigenvalue weighted by molar-refractivity contribution is -0.143. The molecule has 0 saturated heterocycles. The van der Waals surface area contributed by atoms with Crippen LogP contribution < -0.4 is 5.32 Å². The highest BCUT2D eigenvalue weighted by Crippen LogP contribution is 2.16. The lowest BCUT2D eigenvalue weighted by Crippen LogP contribution is -2.45. The first-order valence-electron chi connectivity index (χ1n) is 24.6. The molecule has 0 aliphatic rings. The summed E-state index contributed by atoms with van der Waals surface area (Å²) in [5.41, 5.74) is 0. The number of unbranched alkanes of at least 4 members (excludes halogenated alkanes) is 30. The molecule has 2 atom stereocenters. The second-order valence-corrected chi connectivity index (χ2v) is 16.8. The molecule has 0 radical (unpaired) electrons. The molecule has 0 aliphatic carbocycles. The molecule has 0 aromatic carbocycles. The van der Waals surface area contributed by atoms with E-state index in [0.29, 0.717) is 25.9 Å². The van der Waals surface area contributed by atoms with Gasteiger partial charge in [0.15, 0.2) is 0 Å². The minimum atomic E-state index is -0.670. The maximum atomic E-state index is 12.4. The molecule has 0 aromatic rings. The summed E-state index contributed by atoms with van der Waals surface area (Å²) >= 11 is 0. The minimum Gasteiger partial charge on any atom is -0.466 e. The third-order valence-corrected chi connectivity index (χ3v) is 11.2. The van der Waals surface area contributed by atoms with Crippen LogP contribution in [0.15, 0.2) is 24.3 Å². The van der Waals surface area contributed by atoms with Crippen molar-refractivity contribution >= 4 is 11.9 Å². The molecule has 1 amide bonds. The van der Waals surface area contributed by atoms with Crippen LogP contribution in [0.2, 0.25) is 0 Å². The molecule has 0 fully saturated rings. The van der Waals surface area contributed by atoms with Gasteiger partial charge in [-0.05, 0) is 51.4 Å². The van der Waals surface area contributed by atoms with Crippen LogP contribution in [0.4, 0.5) is 0 Å². The summed E-state index contributed by atoms with van der Waals surface area (Å²) in [6.45, 7) is 4.85. The van der Waals surface area contributed by atoms with Gasteiger partial charge in [0, 0.05) is 12.8 Å². The van der Waals surface area contributed by atoms with Crippen molar-refractivity contribution in [2.24, 2.45) is 0 Å². The number of ether oxygens (including phenoxy) is 1. The van der Waals surface area contributed by atoms with Crippen molar-refractivity contribution in [3.8, 4) is 0 Å². The van der Waals surface area contributed by atoms with E-state index in [2.05, 4.69) is 43.5 Å². The van der Waals surface area contributed by atoms with Gasteiger partial charge in [0.2, 0.25) is 5.91 Å². The van der Waals surface area contributed by atoms with Gasteiger partial charge in [-0.1, -0.05) is 218 Å². The van der Waals surface area contributed by atoms with E-state index in [1.54, 1.807) is 0 Å². The number of allylic oxidation sites excluding steroid dienone is 4. The lowest BCUT2D eigenvalue weighted by atomic mass is 10.0. The highest BCUT2D eigenvalue weighted by atomic mass is 16.5. The Morgan fingerprint density at radius 3 is 1.43 bits per heavy atom. The van der Waals surface area contributed by atoms with Crippen LogP contribution in [0.25, 0.3) is 0 Å². The van der Waals surface area contributed by atoms with Crippen LogP contribution >= 0.6 is 0 Å². The van der Waals surface area contributed by atoms with Crippen LogP contribution in [0, 0.1) is 0 Å². The fourth-order valence-corrected chi connectivity index (χ4v) is 7.44. The first-order valence-corrected chi connectivity index (χ1v) is 24.6. The van der Waals surface area contributed by atoms with E-state index in [1.165, 1.54) is 167 Å². The van der Waals surface area contributed by atoms with Gasteiger partial charge in [0.1, 0.15) is 0 Å². The van der Waals surface area contributed by atoms with Gasteiger partial charge in [-0.15, -0.1) is 0 Å². The third kappa shape index (κ3) is 42.0. The Morgan fingerprint density at radius 1 is 0.500 bits per heavy atom. The Labute approximate surface area is 348 Å². The standard InChI is InChI=1S/C50H95NO5/c1-3-5-7-9-11-13-15-19-24-28-32-36-40-44-50(55)56-45-41-37-33-29-25-21-18-17-20-23-27-31-35-39-43-49(54)51-47(46-52)48(53)42-38-34-30-26-22-16-14-12-10-8-6-4-2/h7,9,13,15,47-48,52-53H,3-6,8,10-12,14,16-46H2,1-2H3,(H,51,54)/b9-7-,15-13-. The second kappa shape index (κ2) is 46.0. The van der Waals surface area contributed by atoms with Gasteiger partial charge in [-0.2, -0.15) is 0 Å². The van der Waals surface area contributed by atoms with Gasteiger partial charge in [-0.25, -0.2) is 0 Å². The zero-order valence-electron chi connectivity index (χ0n) is 37.4. The number of esters is 1. The van der Waals surface area contributed by atoms with E-state index in [1.807, 2.05) is 0 Å². The number of hydrogen-bond donors (Lipinski definition) is 3. The monoisotopic (exact) mass is 790 g/mol. The Kier molecular flexibility index (Phi) is 44.7. The van der Waals surface area contributed by atoms with Crippen LogP contribution in [-0.4, -0.2) is 47.4 Å². The number of carbonyl (C=O) groups is 2. The Balaban J connectivity index is 3.45. The Bertz CT molecular complexity index is 874. The lowest BCUT2D eigenvalue weighted by Gasteiger charge is -2.22. The summed E-state index contributed by atoms with van der Waals surface area (Å²) in [5.74, 6) is -0.0651. The molecule has 6 nitrogen and oxygen atoms in total. The summed E-state index contributed by atoms with van der Waals surface area (Å²) in [4.78, 5) is 24.4. The smallest absolute Gasteiger partial charge is 0.305 e. The maximum Gasteiger partial charge on any atom is 0.305 e. The molecular weight excluding hydrogens is 695 g/mol. The number of aliphatic hydroxyl groups excluding tert-OH is 2. The van der Waals surface area contributed by atoms with Crippen molar-refractivity contribution < 1.29 is 24.5 Å². The van der Waals surface area contributed by atoms with Crippen molar-refractivity contribution in [3.63, 3.8) is 0 Å². The van der Waals surface area contributed by atoms with Crippen LogP contribution in [-0.2, 0) is 14.3 Å². The van der Waals surface area contributed by atoms with Crippen molar-refractivity contribution in [2.45, 2.75) is 270 Å². The Hall–Kier alpha value is -1.66. The fourth-order valence-electron chi connectivity index (χ4n) is 7.44. The van der Waals surface area contributed by atoms with E-state index in [4.69, 9.17) is 4.74 Å². The molecule has 2 unspecified atom stereocenters. The predicted molar refractivity (Wildman–Crippen MR) is 241 cm³/mol. The molecule has 0 heterocycles. The maximum absolute atomic E-state index is 12.4. The molecule has 3 N–H and O–H groups in total. The third-order valence-electron chi connectivity index (χ3n) is 11.2. The van der Waals surface area contributed by atoms with Crippen molar-refractivity contribution in [1.82, 2.24) is 5.32 Å². The topological polar surface area (TPSA) is 95.9 Å². The van der Waals surface area contributed by atoms with Gasteiger partial charge in [-0.3, -0.25) is 9.59 Å². The first kappa shape index (κ1) is 54.3. The number of rotatable bonds is 45. The molecule has 0 aromatic heterocycles. The summed E-state index contributed by atoms with van der Waals surface area (Å²) in [5, 5.41) is 23.1. The number of nitrogens with one attached hydrogen (secondary N) is 1. The quantitative estimate of drug-likeness (QED) is 0.0324. The van der Waals surface area contributed by atoms with Gasteiger partial charge >= 0.3 is 5.97 Å². The number of amides is 1. The molecule has 0 aliphatic heterocycles. The van der Waals surface area contributed by atoms with E-state index in [9.17, 15) is 19.8 Å². The molecule has 0 saturated carbocycles. The zero-order valence-corrected chi connectivity index (χ0v) is 37.4. The van der Waals surface area contributed by atoms with E-state index in [-0.39, 0.29) is 18.5 Å². The summed E-state index contributed by atoms with van der Waals surface area (Å²) < 4.78 is 5.44. The number of carbonyl (C=O) groups excluding carboxylic acids is 2. The molecule has 330 valence electrons. The van der Waals surface area contributed by atoms with Crippen LogP contribution in [0.5, 0.6) is 0 Å². The largest absolute Gasteiger partial charge is 0.466 e. The molecule has 56 heavy (non-hydrogen) atoms. The molecular formula is C50H95NO5.